The monoisotopic (exact) mass is 338 g/mol. The highest BCUT2D eigenvalue weighted by Crippen LogP contribution is 2.21. The summed E-state index contributed by atoms with van der Waals surface area (Å²) in [6.07, 6.45) is 4.63. The zero-order chi connectivity index (χ0) is 17.4. The Balaban J connectivity index is 1.59. The quantitative estimate of drug-likeness (QED) is 0.701. The average Bonchev–Trinajstić information content (AvgIpc) is 3.06. The van der Waals surface area contributed by atoms with Crippen molar-refractivity contribution in [2.24, 2.45) is 0 Å². The van der Waals surface area contributed by atoms with Gasteiger partial charge in [0, 0.05) is 36.4 Å². The summed E-state index contributed by atoms with van der Waals surface area (Å²) in [6, 6.07) is 3.67. The van der Waals surface area contributed by atoms with E-state index in [0.717, 1.165) is 17.1 Å². The molecule has 8 heteroatoms. The van der Waals surface area contributed by atoms with Gasteiger partial charge < -0.3 is 9.64 Å². The highest BCUT2D eigenvalue weighted by molar-refractivity contribution is 5.93. The molecule has 0 saturated carbocycles. The summed E-state index contributed by atoms with van der Waals surface area (Å²) in [4.78, 5) is 27.4. The maximum atomic E-state index is 12.9. The van der Waals surface area contributed by atoms with Crippen LogP contribution in [0, 0.1) is 13.8 Å². The number of aromatic nitrogens is 5. The van der Waals surface area contributed by atoms with Gasteiger partial charge in [0.1, 0.15) is 6.10 Å². The molecule has 8 nitrogen and oxygen atoms in total. The first kappa shape index (κ1) is 15.6. The van der Waals surface area contributed by atoms with Crippen LogP contribution in [0.3, 0.4) is 0 Å². The fourth-order valence-corrected chi connectivity index (χ4v) is 3.04. The predicted octanol–water partition coefficient (Wildman–Crippen LogP) is 1.35. The Bertz CT molecular complexity index is 924. The van der Waals surface area contributed by atoms with Crippen LogP contribution in [0.15, 0.2) is 30.7 Å². The lowest BCUT2D eigenvalue weighted by atomic mass is 10.2. The van der Waals surface area contributed by atoms with Gasteiger partial charge in [0.2, 0.25) is 0 Å². The number of morpholine rings is 1. The molecular formula is C17H18N6O2. The van der Waals surface area contributed by atoms with Crippen LogP contribution in [0.5, 0.6) is 0 Å². The standard InChI is InChI=1S/C17H18N6O2/c1-11-7-12(2)23-16(20-11)8-13(21-23)17(24)22-5-6-25-15(10-22)14-9-18-3-4-19-14/h3-4,7-9,15H,5-6,10H2,1-2H3. The molecule has 1 amide bonds. The van der Waals surface area contributed by atoms with Crippen LogP contribution < -0.4 is 0 Å². The van der Waals surface area contributed by atoms with Crippen molar-refractivity contribution in [3.05, 3.63) is 53.5 Å². The van der Waals surface area contributed by atoms with E-state index in [-0.39, 0.29) is 12.0 Å². The van der Waals surface area contributed by atoms with Gasteiger partial charge in [-0.1, -0.05) is 0 Å². The van der Waals surface area contributed by atoms with Gasteiger partial charge in [-0.3, -0.25) is 14.8 Å². The third-order valence-corrected chi connectivity index (χ3v) is 4.22. The number of hydrogen-bond donors (Lipinski definition) is 0. The van der Waals surface area contributed by atoms with Crippen LogP contribution in [-0.2, 0) is 4.74 Å². The second-order valence-corrected chi connectivity index (χ2v) is 6.08. The molecule has 0 bridgehead atoms. The van der Waals surface area contributed by atoms with Crippen LogP contribution in [0.25, 0.3) is 5.65 Å². The van der Waals surface area contributed by atoms with E-state index >= 15 is 0 Å². The maximum Gasteiger partial charge on any atom is 0.274 e. The molecule has 1 atom stereocenters. The second kappa shape index (κ2) is 6.21. The number of ether oxygens (including phenoxy) is 1. The van der Waals surface area contributed by atoms with Gasteiger partial charge in [0.25, 0.3) is 5.91 Å². The molecular weight excluding hydrogens is 320 g/mol. The fraction of sp³-hybridized carbons (Fsp3) is 0.353. The van der Waals surface area contributed by atoms with E-state index in [1.54, 1.807) is 34.1 Å². The fourth-order valence-electron chi connectivity index (χ4n) is 3.04. The molecule has 0 aliphatic carbocycles. The van der Waals surface area contributed by atoms with Crippen molar-refractivity contribution in [2.75, 3.05) is 19.7 Å². The Morgan fingerprint density at radius 1 is 1.28 bits per heavy atom. The van der Waals surface area contributed by atoms with Gasteiger partial charge in [0.05, 0.1) is 25.0 Å². The maximum absolute atomic E-state index is 12.9. The van der Waals surface area contributed by atoms with Crippen molar-refractivity contribution in [1.82, 2.24) is 29.5 Å². The van der Waals surface area contributed by atoms with Crippen LogP contribution in [0.4, 0.5) is 0 Å². The summed E-state index contributed by atoms with van der Waals surface area (Å²) in [7, 11) is 0. The number of aryl methyl sites for hydroxylation is 2. The van der Waals surface area contributed by atoms with Gasteiger partial charge in [-0.25, -0.2) is 9.50 Å². The number of rotatable bonds is 2. The predicted molar refractivity (Wildman–Crippen MR) is 89.1 cm³/mol. The molecule has 1 aliphatic rings. The summed E-state index contributed by atoms with van der Waals surface area (Å²) in [6.45, 7) is 5.28. The van der Waals surface area contributed by atoms with Gasteiger partial charge in [-0.15, -0.1) is 0 Å². The molecule has 4 rings (SSSR count). The van der Waals surface area contributed by atoms with Crippen molar-refractivity contribution in [3.63, 3.8) is 0 Å². The Morgan fingerprint density at radius 2 is 2.16 bits per heavy atom. The highest BCUT2D eigenvalue weighted by Gasteiger charge is 2.28. The Hall–Kier alpha value is -2.87. The largest absolute Gasteiger partial charge is 0.368 e. The van der Waals surface area contributed by atoms with E-state index < -0.39 is 0 Å². The van der Waals surface area contributed by atoms with Gasteiger partial charge in [-0.05, 0) is 19.9 Å². The van der Waals surface area contributed by atoms with Crippen molar-refractivity contribution >= 4 is 11.6 Å². The molecule has 1 aliphatic heterocycles. The minimum absolute atomic E-state index is 0.125. The Kier molecular flexibility index (Phi) is 3.89. The van der Waals surface area contributed by atoms with Crippen molar-refractivity contribution < 1.29 is 9.53 Å². The molecule has 3 aromatic rings. The summed E-state index contributed by atoms with van der Waals surface area (Å²) in [5, 5.41) is 4.42. The van der Waals surface area contributed by atoms with Gasteiger partial charge in [0.15, 0.2) is 11.3 Å². The number of carbonyl (C=O) groups is 1. The number of fused-ring (bicyclic) bond motifs is 1. The van der Waals surface area contributed by atoms with Crippen molar-refractivity contribution in [1.29, 1.82) is 0 Å². The molecule has 3 aromatic heterocycles. The first-order chi connectivity index (χ1) is 12.1. The Labute approximate surface area is 144 Å². The minimum Gasteiger partial charge on any atom is -0.368 e. The summed E-state index contributed by atoms with van der Waals surface area (Å²) >= 11 is 0. The second-order valence-electron chi connectivity index (χ2n) is 6.08. The van der Waals surface area contributed by atoms with E-state index in [9.17, 15) is 4.79 Å². The zero-order valence-electron chi connectivity index (χ0n) is 14.1. The number of amides is 1. The average molecular weight is 338 g/mol. The summed E-state index contributed by atoms with van der Waals surface area (Å²) in [5.74, 6) is -0.125. The number of nitrogens with zero attached hydrogens (tertiary/aromatic N) is 6. The summed E-state index contributed by atoms with van der Waals surface area (Å²) in [5.41, 5.74) is 3.64. The van der Waals surface area contributed by atoms with Crippen molar-refractivity contribution in [2.45, 2.75) is 20.0 Å². The zero-order valence-corrected chi connectivity index (χ0v) is 14.1. The molecule has 0 spiro atoms. The highest BCUT2D eigenvalue weighted by atomic mass is 16.5. The smallest absolute Gasteiger partial charge is 0.274 e. The van der Waals surface area contributed by atoms with E-state index in [2.05, 4.69) is 20.1 Å². The normalized spacial score (nSPS) is 17.8. The molecule has 1 unspecified atom stereocenters. The third kappa shape index (κ3) is 2.96. The number of carbonyl (C=O) groups excluding carboxylic acids is 1. The summed E-state index contributed by atoms with van der Waals surface area (Å²) < 4.78 is 7.43. The molecule has 1 fully saturated rings. The lowest BCUT2D eigenvalue weighted by molar-refractivity contribution is -0.0250. The number of hydrogen-bond acceptors (Lipinski definition) is 6. The first-order valence-electron chi connectivity index (χ1n) is 8.12. The van der Waals surface area contributed by atoms with Crippen LogP contribution in [0.2, 0.25) is 0 Å². The van der Waals surface area contributed by atoms with E-state index in [0.29, 0.717) is 31.0 Å². The van der Waals surface area contributed by atoms with Crippen molar-refractivity contribution in [3.8, 4) is 0 Å². The molecule has 4 heterocycles. The van der Waals surface area contributed by atoms with Gasteiger partial charge >= 0.3 is 0 Å². The lowest BCUT2D eigenvalue weighted by Crippen LogP contribution is -2.42. The SMILES string of the molecule is Cc1cc(C)n2nc(C(=O)N3CCOC(c4cnccn4)C3)cc2n1. The van der Waals surface area contributed by atoms with E-state index in [4.69, 9.17) is 4.74 Å². The van der Waals surface area contributed by atoms with Crippen LogP contribution in [0.1, 0.15) is 33.7 Å². The van der Waals surface area contributed by atoms with E-state index in [1.165, 1.54) is 0 Å². The van der Waals surface area contributed by atoms with Gasteiger partial charge in [-0.2, -0.15) is 5.10 Å². The molecule has 128 valence electrons. The minimum atomic E-state index is -0.273. The molecule has 0 aromatic carbocycles. The topological polar surface area (TPSA) is 85.5 Å². The van der Waals surface area contributed by atoms with E-state index in [1.807, 2.05) is 19.9 Å². The third-order valence-electron chi connectivity index (χ3n) is 4.22. The molecule has 0 radical (unpaired) electrons. The molecule has 25 heavy (non-hydrogen) atoms. The van der Waals surface area contributed by atoms with Crippen LogP contribution in [-0.4, -0.2) is 55.1 Å². The van der Waals surface area contributed by atoms with Crippen LogP contribution >= 0.6 is 0 Å². The molecule has 1 saturated heterocycles. The first-order valence-corrected chi connectivity index (χ1v) is 8.12. The molecule has 0 N–H and O–H groups in total. The Morgan fingerprint density at radius 3 is 2.96 bits per heavy atom. The lowest BCUT2D eigenvalue weighted by Gasteiger charge is -2.32.